The maximum absolute atomic E-state index is 12.9. The number of nitrogens with one attached hydrogen (secondary N) is 1. The number of likely N-dealkylation sites (tertiary alicyclic amines) is 1. The fraction of sp³-hybridized carbons (Fsp3) is 0.273. The molecule has 1 aromatic heterocycles. The van der Waals surface area contributed by atoms with Crippen molar-refractivity contribution in [3.05, 3.63) is 69.1 Å². The highest BCUT2D eigenvalue weighted by molar-refractivity contribution is 9.10. The number of halogens is 1. The van der Waals surface area contributed by atoms with E-state index in [0.29, 0.717) is 18.2 Å². The van der Waals surface area contributed by atoms with Gasteiger partial charge in [0.2, 0.25) is 5.78 Å². The number of hydrogen-bond donors (Lipinski definition) is 1. The largest absolute Gasteiger partial charge is 0.497 e. The summed E-state index contributed by atoms with van der Waals surface area (Å²) in [6, 6.07) is 7.53. The number of benzene rings is 1. The van der Waals surface area contributed by atoms with E-state index in [1.54, 1.807) is 30.2 Å². The van der Waals surface area contributed by atoms with Gasteiger partial charge in [0.15, 0.2) is 0 Å². The molecule has 1 aliphatic heterocycles. The van der Waals surface area contributed by atoms with Crippen LogP contribution in [0.3, 0.4) is 0 Å². The maximum Gasteiger partial charge on any atom is 0.250 e. The number of ether oxygens (including phenoxy) is 1. The van der Waals surface area contributed by atoms with Crippen molar-refractivity contribution >= 4 is 33.7 Å². The van der Waals surface area contributed by atoms with Gasteiger partial charge in [0, 0.05) is 45.5 Å². The van der Waals surface area contributed by atoms with Crippen LogP contribution in [0, 0.1) is 12.8 Å². The third-order valence-electron chi connectivity index (χ3n) is 6.13. The predicted molar refractivity (Wildman–Crippen MR) is 109 cm³/mol. The van der Waals surface area contributed by atoms with Gasteiger partial charge in [0.25, 0.3) is 5.91 Å². The molecule has 2 heterocycles. The van der Waals surface area contributed by atoms with Crippen molar-refractivity contribution in [3.63, 3.8) is 0 Å². The summed E-state index contributed by atoms with van der Waals surface area (Å²) in [4.78, 5) is 30.6. The Morgan fingerprint density at radius 1 is 1.36 bits per heavy atom. The van der Waals surface area contributed by atoms with Crippen LogP contribution in [-0.4, -0.2) is 35.2 Å². The average Bonchev–Trinajstić information content (AvgIpc) is 3.19. The number of carbonyl (C=O) groups is 2. The number of hydrogen-bond acceptors (Lipinski definition) is 3. The van der Waals surface area contributed by atoms with E-state index in [9.17, 15) is 9.59 Å². The van der Waals surface area contributed by atoms with Crippen molar-refractivity contribution in [1.82, 2.24) is 9.88 Å². The Morgan fingerprint density at radius 3 is 2.82 bits per heavy atom. The van der Waals surface area contributed by atoms with E-state index >= 15 is 0 Å². The minimum absolute atomic E-state index is 0.0612. The minimum Gasteiger partial charge on any atom is -0.497 e. The van der Waals surface area contributed by atoms with Crippen LogP contribution in [0.4, 0.5) is 0 Å². The lowest BCUT2D eigenvalue weighted by atomic mass is 9.85. The van der Waals surface area contributed by atoms with E-state index in [4.69, 9.17) is 4.74 Å². The Labute approximate surface area is 171 Å². The standard InChI is InChI=1S/C22H19BrN2O3/c1-12-20(23)19-21(24-12)16(26)9-17-22(19)10-14(22)11-25(17)18(27)8-5-13-3-6-15(28-2)7-4-13/h3-9,14,24H,10-11H2,1-2H3/b8-5+/t14-,22+/m1/s1. The summed E-state index contributed by atoms with van der Waals surface area (Å²) in [5.41, 5.74) is 4.23. The number of allylic oxidation sites excluding steroid dienone is 2. The number of aromatic amines is 1. The number of ketones is 1. The fourth-order valence-corrected chi connectivity index (χ4v) is 5.30. The topological polar surface area (TPSA) is 62.4 Å². The Kier molecular flexibility index (Phi) is 3.72. The lowest BCUT2D eigenvalue weighted by Gasteiger charge is -2.27. The number of nitrogens with zero attached hydrogens (tertiary/aromatic N) is 1. The second-order valence-electron chi connectivity index (χ2n) is 7.64. The van der Waals surface area contributed by atoms with Crippen molar-refractivity contribution < 1.29 is 14.3 Å². The maximum atomic E-state index is 12.9. The summed E-state index contributed by atoms with van der Waals surface area (Å²) in [5.74, 6) is 0.997. The van der Waals surface area contributed by atoms with E-state index in [-0.39, 0.29) is 17.1 Å². The molecule has 1 amide bonds. The van der Waals surface area contributed by atoms with E-state index in [0.717, 1.165) is 39.2 Å². The molecule has 5 rings (SSSR count). The van der Waals surface area contributed by atoms with Gasteiger partial charge in [-0.3, -0.25) is 9.59 Å². The molecule has 1 aromatic carbocycles. The highest BCUT2D eigenvalue weighted by Gasteiger charge is 2.68. The van der Waals surface area contributed by atoms with Gasteiger partial charge in [-0.25, -0.2) is 0 Å². The summed E-state index contributed by atoms with van der Waals surface area (Å²) in [7, 11) is 1.62. The van der Waals surface area contributed by atoms with Crippen LogP contribution in [0.2, 0.25) is 0 Å². The molecule has 2 fully saturated rings. The number of aromatic nitrogens is 1. The predicted octanol–water partition coefficient (Wildman–Crippen LogP) is 3.99. The first-order chi connectivity index (χ1) is 13.5. The Hall–Kier alpha value is -2.60. The average molecular weight is 439 g/mol. The number of piperidine rings is 1. The molecule has 0 bridgehead atoms. The summed E-state index contributed by atoms with van der Waals surface area (Å²) in [6.07, 6.45) is 6.02. The SMILES string of the molecule is COc1ccc(/C=C/C(=O)N2C[C@H]3C[C@@]34C2=CC(=O)c2[nH]c(C)c(Br)c24)cc1. The Bertz CT molecular complexity index is 1080. The number of aryl methyl sites for hydroxylation is 1. The van der Waals surface area contributed by atoms with Crippen LogP contribution < -0.4 is 4.74 Å². The molecule has 5 nitrogen and oxygen atoms in total. The summed E-state index contributed by atoms with van der Waals surface area (Å²) >= 11 is 3.65. The lowest BCUT2D eigenvalue weighted by molar-refractivity contribution is -0.123. The molecule has 2 aromatic rings. The lowest BCUT2D eigenvalue weighted by Crippen LogP contribution is -2.32. The van der Waals surface area contributed by atoms with Gasteiger partial charge >= 0.3 is 0 Å². The molecule has 2 atom stereocenters. The van der Waals surface area contributed by atoms with Gasteiger partial charge < -0.3 is 14.6 Å². The number of amides is 1. The minimum atomic E-state index is -0.198. The smallest absolute Gasteiger partial charge is 0.250 e. The van der Waals surface area contributed by atoms with Gasteiger partial charge in [-0.05, 0) is 59.0 Å². The van der Waals surface area contributed by atoms with Crippen LogP contribution in [-0.2, 0) is 10.2 Å². The van der Waals surface area contributed by atoms with Crippen molar-refractivity contribution in [3.8, 4) is 5.75 Å². The van der Waals surface area contributed by atoms with Gasteiger partial charge in [-0.1, -0.05) is 12.1 Å². The molecular formula is C22H19BrN2O3. The van der Waals surface area contributed by atoms with Gasteiger partial charge in [0.1, 0.15) is 5.75 Å². The second kappa shape index (κ2) is 5.95. The Morgan fingerprint density at radius 2 is 2.11 bits per heavy atom. The number of methoxy groups -OCH3 is 1. The third kappa shape index (κ3) is 2.30. The first-order valence-corrected chi connectivity index (χ1v) is 10.0. The van der Waals surface area contributed by atoms with E-state index in [1.807, 2.05) is 31.2 Å². The van der Waals surface area contributed by atoms with Gasteiger partial charge in [-0.2, -0.15) is 0 Å². The van der Waals surface area contributed by atoms with Crippen molar-refractivity contribution in [1.29, 1.82) is 0 Å². The summed E-state index contributed by atoms with van der Waals surface area (Å²) in [5, 5.41) is 0. The molecule has 28 heavy (non-hydrogen) atoms. The summed E-state index contributed by atoms with van der Waals surface area (Å²) in [6.45, 7) is 2.61. The van der Waals surface area contributed by atoms with Crippen LogP contribution in [0.1, 0.15) is 33.7 Å². The fourth-order valence-electron chi connectivity index (χ4n) is 4.65. The molecule has 1 spiro atoms. The van der Waals surface area contributed by atoms with E-state index in [1.165, 1.54) is 0 Å². The zero-order valence-corrected chi connectivity index (χ0v) is 17.2. The highest BCUT2D eigenvalue weighted by Crippen LogP contribution is 2.68. The molecule has 1 saturated heterocycles. The molecule has 2 aliphatic carbocycles. The highest BCUT2D eigenvalue weighted by atomic mass is 79.9. The second-order valence-corrected chi connectivity index (χ2v) is 8.43. The Balaban J connectivity index is 1.44. The molecule has 0 unspecified atom stereocenters. The van der Waals surface area contributed by atoms with Crippen LogP contribution in [0.15, 0.2) is 46.6 Å². The van der Waals surface area contributed by atoms with Crippen LogP contribution >= 0.6 is 15.9 Å². The molecular weight excluding hydrogens is 420 g/mol. The molecule has 142 valence electrons. The summed E-state index contributed by atoms with van der Waals surface area (Å²) < 4.78 is 6.12. The van der Waals surface area contributed by atoms with Crippen molar-refractivity contribution in [2.24, 2.45) is 5.92 Å². The molecule has 1 saturated carbocycles. The van der Waals surface area contributed by atoms with Crippen LogP contribution in [0.25, 0.3) is 6.08 Å². The molecule has 1 N–H and O–H groups in total. The van der Waals surface area contributed by atoms with Gasteiger partial charge in [-0.15, -0.1) is 0 Å². The van der Waals surface area contributed by atoms with E-state index < -0.39 is 0 Å². The van der Waals surface area contributed by atoms with Gasteiger partial charge in [0.05, 0.1) is 12.8 Å². The molecule has 6 heteroatoms. The molecule has 0 radical (unpaired) electrons. The number of carbonyl (C=O) groups excluding carboxylic acids is 2. The monoisotopic (exact) mass is 438 g/mol. The third-order valence-corrected chi connectivity index (χ3v) is 7.12. The van der Waals surface area contributed by atoms with E-state index in [2.05, 4.69) is 20.9 Å². The number of rotatable bonds is 3. The number of H-pyrrole nitrogens is 1. The van der Waals surface area contributed by atoms with Crippen molar-refractivity contribution in [2.45, 2.75) is 18.8 Å². The normalized spacial score (nSPS) is 24.7. The molecule has 3 aliphatic rings. The first-order valence-electron chi connectivity index (χ1n) is 9.24. The first kappa shape index (κ1) is 17.5. The van der Waals surface area contributed by atoms with Crippen molar-refractivity contribution in [2.75, 3.05) is 13.7 Å². The quantitative estimate of drug-likeness (QED) is 0.736. The zero-order chi connectivity index (χ0) is 19.6. The zero-order valence-electron chi connectivity index (χ0n) is 15.6. The number of fused-ring (bicyclic) bond motifs is 1. The van der Waals surface area contributed by atoms with Crippen LogP contribution in [0.5, 0.6) is 5.75 Å².